The zero-order chi connectivity index (χ0) is 10.4. The molecule has 0 unspecified atom stereocenters. The van der Waals surface area contributed by atoms with Crippen molar-refractivity contribution < 1.29 is 0 Å². The highest BCUT2D eigenvalue weighted by Gasteiger charge is 2.36. The molecule has 2 N–H and O–H groups in total. The second-order valence-electron chi connectivity index (χ2n) is 4.44. The number of nitrogens with two attached hydrogens (primary N) is 1. The maximum Gasteiger partial charge on any atom is 0.0955 e. The molecule has 0 aliphatic heterocycles. The lowest BCUT2D eigenvalue weighted by Crippen LogP contribution is -2.01. The van der Waals surface area contributed by atoms with Gasteiger partial charge in [0.15, 0.2) is 0 Å². The van der Waals surface area contributed by atoms with E-state index >= 15 is 0 Å². The molecule has 1 aliphatic rings. The zero-order valence-electron chi connectivity index (χ0n) is 8.85. The van der Waals surface area contributed by atoms with Gasteiger partial charge in [-0.15, -0.1) is 0 Å². The van der Waals surface area contributed by atoms with Crippen LogP contribution in [-0.4, -0.2) is 16.1 Å². The second-order valence-corrected chi connectivity index (χ2v) is 4.44. The summed E-state index contributed by atoms with van der Waals surface area (Å²) in [5.74, 6) is 1.38. The smallest absolute Gasteiger partial charge is 0.0955 e. The molecular weight excluding hydrogens is 186 g/mol. The average Bonchev–Trinajstić information content (AvgIpc) is 2.97. The minimum atomic E-state index is 0.682. The molecule has 1 aromatic carbocycles. The number of imidazole rings is 1. The molecule has 3 heteroatoms. The fraction of sp³-hybridized carbons (Fsp3) is 0.417. The van der Waals surface area contributed by atoms with Crippen molar-refractivity contribution in [3.8, 4) is 0 Å². The lowest BCUT2D eigenvalue weighted by Gasteiger charge is -2.00. The predicted molar refractivity (Wildman–Crippen MR) is 60.6 cm³/mol. The Balaban J connectivity index is 2.00. The molecule has 0 spiro atoms. The van der Waals surface area contributed by atoms with Crippen LogP contribution in [0.25, 0.3) is 11.0 Å². The van der Waals surface area contributed by atoms with E-state index in [0.29, 0.717) is 11.8 Å². The number of aromatic nitrogens is 2. The number of benzene rings is 1. The van der Waals surface area contributed by atoms with Crippen LogP contribution in [0.15, 0.2) is 24.5 Å². The first-order valence-corrected chi connectivity index (χ1v) is 5.40. The Kier molecular flexibility index (Phi) is 1.83. The number of rotatable bonds is 2. The van der Waals surface area contributed by atoms with E-state index in [1.165, 1.54) is 17.5 Å². The topological polar surface area (TPSA) is 43.8 Å². The van der Waals surface area contributed by atoms with Gasteiger partial charge in [-0.1, -0.05) is 6.07 Å². The molecule has 1 aliphatic carbocycles. The van der Waals surface area contributed by atoms with Gasteiger partial charge in [-0.3, -0.25) is 0 Å². The molecule has 0 bridgehead atoms. The summed E-state index contributed by atoms with van der Waals surface area (Å²) in [6.45, 7) is 0.810. The molecule has 0 radical (unpaired) electrons. The van der Waals surface area contributed by atoms with Gasteiger partial charge in [0.25, 0.3) is 0 Å². The first kappa shape index (κ1) is 8.92. The van der Waals surface area contributed by atoms with Crippen molar-refractivity contribution >= 4 is 11.0 Å². The van der Waals surface area contributed by atoms with Gasteiger partial charge in [0, 0.05) is 7.05 Å². The monoisotopic (exact) mass is 201 g/mol. The van der Waals surface area contributed by atoms with Gasteiger partial charge in [0.1, 0.15) is 0 Å². The third-order valence-electron chi connectivity index (χ3n) is 3.40. The Bertz CT molecular complexity index is 501. The lowest BCUT2D eigenvalue weighted by atomic mass is 10.1. The summed E-state index contributed by atoms with van der Waals surface area (Å²) < 4.78 is 2.05. The van der Waals surface area contributed by atoms with E-state index < -0.39 is 0 Å². The fourth-order valence-electron chi connectivity index (χ4n) is 2.30. The summed E-state index contributed by atoms with van der Waals surface area (Å²) in [6.07, 6.45) is 3.11. The Morgan fingerprint density at radius 3 is 3.13 bits per heavy atom. The molecule has 78 valence electrons. The first-order chi connectivity index (χ1) is 7.29. The standard InChI is InChI=1S/C12H15N3/c1-15-7-14-11-5-8(2-3-12(11)15)10-4-9(10)6-13/h2-3,5,7,9-10H,4,6,13H2,1H3/t9-,10-/m0/s1. The minimum Gasteiger partial charge on any atom is -0.334 e. The van der Waals surface area contributed by atoms with Crippen LogP contribution < -0.4 is 5.73 Å². The average molecular weight is 201 g/mol. The highest BCUT2D eigenvalue weighted by atomic mass is 15.0. The van der Waals surface area contributed by atoms with Crippen molar-refractivity contribution in [1.82, 2.24) is 9.55 Å². The van der Waals surface area contributed by atoms with E-state index in [1.807, 2.05) is 17.9 Å². The molecule has 3 rings (SSSR count). The molecule has 15 heavy (non-hydrogen) atoms. The van der Waals surface area contributed by atoms with E-state index in [0.717, 1.165) is 12.1 Å². The van der Waals surface area contributed by atoms with Gasteiger partial charge >= 0.3 is 0 Å². The normalized spacial score (nSPS) is 24.7. The van der Waals surface area contributed by atoms with Gasteiger partial charge in [-0.2, -0.15) is 0 Å². The molecule has 3 nitrogen and oxygen atoms in total. The summed E-state index contributed by atoms with van der Waals surface area (Å²) in [5.41, 5.74) is 9.35. The maximum atomic E-state index is 5.66. The Hall–Kier alpha value is -1.35. The van der Waals surface area contributed by atoms with E-state index in [1.54, 1.807) is 0 Å². The zero-order valence-corrected chi connectivity index (χ0v) is 8.85. The maximum absolute atomic E-state index is 5.66. The van der Waals surface area contributed by atoms with Crippen molar-refractivity contribution in [2.45, 2.75) is 12.3 Å². The summed E-state index contributed by atoms with van der Waals surface area (Å²) >= 11 is 0. The summed E-state index contributed by atoms with van der Waals surface area (Å²) in [6, 6.07) is 6.57. The number of hydrogen-bond donors (Lipinski definition) is 1. The summed E-state index contributed by atoms with van der Waals surface area (Å²) in [5, 5.41) is 0. The van der Waals surface area contributed by atoms with E-state index in [-0.39, 0.29) is 0 Å². The van der Waals surface area contributed by atoms with Crippen molar-refractivity contribution in [2.75, 3.05) is 6.54 Å². The van der Waals surface area contributed by atoms with Gasteiger partial charge in [0.05, 0.1) is 17.4 Å². The SMILES string of the molecule is Cn1cnc2cc([C@@H]3C[C@H]3CN)ccc21. The number of fused-ring (bicyclic) bond motifs is 1. The van der Waals surface area contributed by atoms with Crippen LogP contribution >= 0.6 is 0 Å². The first-order valence-electron chi connectivity index (χ1n) is 5.40. The van der Waals surface area contributed by atoms with Gasteiger partial charge in [-0.05, 0) is 42.5 Å². The highest BCUT2D eigenvalue weighted by molar-refractivity contribution is 5.76. The van der Waals surface area contributed by atoms with Crippen molar-refractivity contribution in [3.05, 3.63) is 30.1 Å². The molecule has 1 heterocycles. The third kappa shape index (κ3) is 1.35. The molecular formula is C12H15N3. The Labute approximate surface area is 88.9 Å². The Morgan fingerprint density at radius 1 is 1.53 bits per heavy atom. The van der Waals surface area contributed by atoms with E-state index in [9.17, 15) is 0 Å². The van der Waals surface area contributed by atoms with Crippen LogP contribution in [0.2, 0.25) is 0 Å². The van der Waals surface area contributed by atoms with Crippen LogP contribution in [0.3, 0.4) is 0 Å². The molecule has 1 saturated carbocycles. The molecule has 0 saturated heterocycles. The largest absolute Gasteiger partial charge is 0.334 e. The van der Waals surface area contributed by atoms with E-state index in [4.69, 9.17) is 5.73 Å². The number of hydrogen-bond acceptors (Lipinski definition) is 2. The quantitative estimate of drug-likeness (QED) is 0.802. The van der Waals surface area contributed by atoms with Crippen LogP contribution in [0.4, 0.5) is 0 Å². The molecule has 2 atom stereocenters. The van der Waals surface area contributed by atoms with Crippen molar-refractivity contribution in [1.29, 1.82) is 0 Å². The number of aryl methyl sites for hydroxylation is 1. The minimum absolute atomic E-state index is 0.682. The molecule has 1 aromatic heterocycles. The predicted octanol–water partition coefficient (Wildman–Crippen LogP) is 1.64. The van der Waals surface area contributed by atoms with Crippen LogP contribution in [-0.2, 0) is 7.05 Å². The highest BCUT2D eigenvalue weighted by Crippen LogP contribution is 2.46. The summed E-state index contributed by atoms with van der Waals surface area (Å²) in [4.78, 5) is 4.37. The lowest BCUT2D eigenvalue weighted by molar-refractivity contribution is 0.810. The molecule has 2 aromatic rings. The van der Waals surface area contributed by atoms with Crippen molar-refractivity contribution in [3.63, 3.8) is 0 Å². The third-order valence-corrected chi connectivity index (χ3v) is 3.40. The van der Waals surface area contributed by atoms with Gasteiger partial charge in [0.2, 0.25) is 0 Å². The summed E-state index contributed by atoms with van der Waals surface area (Å²) in [7, 11) is 2.02. The van der Waals surface area contributed by atoms with Crippen molar-refractivity contribution in [2.24, 2.45) is 18.7 Å². The van der Waals surface area contributed by atoms with Gasteiger partial charge in [-0.25, -0.2) is 4.98 Å². The van der Waals surface area contributed by atoms with E-state index in [2.05, 4.69) is 23.2 Å². The molecule has 0 amide bonds. The van der Waals surface area contributed by atoms with Crippen LogP contribution in [0.1, 0.15) is 17.9 Å². The molecule has 1 fully saturated rings. The van der Waals surface area contributed by atoms with Crippen LogP contribution in [0.5, 0.6) is 0 Å². The fourth-order valence-corrected chi connectivity index (χ4v) is 2.30. The van der Waals surface area contributed by atoms with Gasteiger partial charge < -0.3 is 10.3 Å². The second kappa shape index (κ2) is 3.07. The number of nitrogens with zero attached hydrogens (tertiary/aromatic N) is 2. The Morgan fingerprint density at radius 2 is 2.40 bits per heavy atom. The van der Waals surface area contributed by atoms with Crippen LogP contribution in [0, 0.1) is 5.92 Å².